The fraction of sp³-hybridized carbons (Fsp3) is 0.438. The molecule has 2 amide bonds. The second-order valence-corrected chi connectivity index (χ2v) is 7.87. The molecule has 0 saturated carbocycles. The largest absolute Gasteiger partial charge is 0.338 e. The van der Waals surface area contributed by atoms with E-state index in [1.54, 1.807) is 17.2 Å². The summed E-state index contributed by atoms with van der Waals surface area (Å²) in [6, 6.07) is 4.82. The van der Waals surface area contributed by atoms with Gasteiger partial charge in [-0.3, -0.25) is 9.67 Å². The molecule has 3 rings (SSSR count). The molecule has 0 spiro atoms. The maximum absolute atomic E-state index is 12.5. The molecule has 0 atom stereocenters. The van der Waals surface area contributed by atoms with Gasteiger partial charge < -0.3 is 10.2 Å². The lowest BCUT2D eigenvalue weighted by atomic mass is 10.4. The van der Waals surface area contributed by atoms with Crippen LogP contribution in [0, 0.1) is 0 Å². The highest BCUT2D eigenvalue weighted by molar-refractivity contribution is 7.89. The third-order valence-electron chi connectivity index (χ3n) is 4.20. The van der Waals surface area contributed by atoms with Gasteiger partial charge in [-0.05, 0) is 24.6 Å². The Morgan fingerprint density at radius 1 is 1.15 bits per heavy atom. The molecule has 2 aromatic heterocycles. The molecule has 26 heavy (non-hydrogen) atoms. The number of aromatic nitrogens is 3. The summed E-state index contributed by atoms with van der Waals surface area (Å²) in [6.45, 7) is 2.57. The third kappa shape index (κ3) is 4.38. The number of urea groups is 1. The fourth-order valence-corrected chi connectivity index (χ4v) is 4.15. The average molecular weight is 378 g/mol. The first-order chi connectivity index (χ1) is 12.6. The number of carbonyl (C=O) groups is 1. The van der Waals surface area contributed by atoms with E-state index in [4.69, 9.17) is 0 Å². The van der Waals surface area contributed by atoms with Gasteiger partial charge >= 0.3 is 6.03 Å². The molecule has 0 radical (unpaired) electrons. The zero-order valence-corrected chi connectivity index (χ0v) is 15.2. The summed E-state index contributed by atoms with van der Waals surface area (Å²) in [5.41, 5.74) is 0. The van der Waals surface area contributed by atoms with Gasteiger partial charge in [0.05, 0.1) is 0 Å². The molecular formula is C16H22N6O3S. The van der Waals surface area contributed by atoms with Gasteiger partial charge in [-0.1, -0.05) is 0 Å². The summed E-state index contributed by atoms with van der Waals surface area (Å²) in [6.07, 6.45) is 7.26. The lowest BCUT2D eigenvalue weighted by Gasteiger charge is -2.33. The van der Waals surface area contributed by atoms with Gasteiger partial charge in [-0.25, -0.2) is 13.2 Å². The summed E-state index contributed by atoms with van der Waals surface area (Å²) >= 11 is 0. The average Bonchev–Trinajstić information content (AvgIpc) is 3.19. The quantitative estimate of drug-likeness (QED) is 0.733. The lowest BCUT2D eigenvalue weighted by Crippen LogP contribution is -2.53. The molecule has 0 aliphatic carbocycles. The Bertz CT molecular complexity index is 802. The Hall–Kier alpha value is -2.46. The van der Waals surface area contributed by atoms with Crippen molar-refractivity contribution in [1.82, 2.24) is 29.3 Å². The molecule has 1 aliphatic heterocycles. The van der Waals surface area contributed by atoms with E-state index < -0.39 is 10.0 Å². The highest BCUT2D eigenvalue weighted by Gasteiger charge is 2.30. The molecule has 9 nitrogen and oxygen atoms in total. The minimum atomic E-state index is -3.55. The van der Waals surface area contributed by atoms with Crippen LogP contribution in [0.3, 0.4) is 0 Å². The Morgan fingerprint density at radius 3 is 2.62 bits per heavy atom. The molecule has 10 heteroatoms. The number of aryl methyl sites for hydroxylation is 1. The minimum absolute atomic E-state index is 0.163. The van der Waals surface area contributed by atoms with Crippen molar-refractivity contribution >= 4 is 16.1 Å². The van der Waals surface area contributed by atoms with E-state index in [9.17, 15) is 13.2 Å². The van der Waals surface area contributed by atoms with E-state index in [0.29, 0.717) is 19.6 Å². The van der Waals surface area contributed by atoms with Gasteiger partial charge in [0.2, 0.25) is 10.0 Å². The number of nitrogens with zero attached hydrogens (tertiary/aromatic N) is 5. The van der Waals surface area contributed by atoms with E-state index in [0.717, 1.165) is 13.0 Å². The first-order valence-corrected chi connectivity index (χ1v) is 9.92. The van der Waals surface area contributed by atoms with Crippen LogP contribution in [0.2, 0.25) is 0 Å². The normalized spacial score (nSPS) is 15.8. The topological polar surface area (TPSA) is 100 Å². The van der Waals surface area contributed by atoms with E-state index in [-0.39, 0.29) is 24.0 Å². The predicted molar refractivity (Wildman–Crippen MR) is 94.8 cm³/mol. The monoisotopic (exact) mass is 378 g/mol. The van der Waals surface area contributed by atoms with Crippen LogP contribution in [0.15, 0.2) is 47.9 Å². The number of amides is 2. The molecular weight excluding hydrogens is 356 g/mol. The number of pyridine rings is 1. The highest BCUT2D eigenvalue weighted by Crippen LogP contribution is 2.16. The Kier molecular flexibility index (Phi) is 5.84. The van der Waals surface area contributed by atoms with Crippen molar-refractivity contribution in [1.29, 1.82) is 0 Å². The van der Waals surface area contributed by atoms with Gasteiger partial charge in [0.15, 0.2) is 0 Å². The molecule has 140 valence electrons. The smallest absolute Gasteiger partial charge is 0.317 e. The summed E-state index contributed by atoms with van der Waals surface area (Å²) in [5, 5.41) is 6.97. The molecule has 0 aromatic carbocycles. The summed E-state index contributed by atoms with van der Waals surface area (Å²) in [4.78, 5) is 17.9. The molecule has 2 aromatic rings. The van der Waals surface area contributed by atoms with Crippen LogP contribution in [-0.4, -0.2) is 71.1 Å². The summed E-state index contributed by atoms with van der Waals surface area (Å²) < 4.78 is 28.3. The third-order valence-corrected chi connectivity index (χ3v) is 6.08. The molecule has 1 saturated heterocycles. The van der Waals surface area contributed by atoms with Crippen LogP contribution in [0.5, 0.6) is 0 Å². The molecule has 1 aliphatic rings. The Morgan fingerprint density at radius 2 is 1.96 bits per heavy atom. The zero-order valence-electron chi connectivity index (χ0n) is 14.4. The first-order valence-electron chi connectivity index (χ1n) is 8.48. The van der Waals surface area contributed by atoms with E-state index in [1.807, 2.05) is 16.9 Å². The lowest BCUT2D eigenvalue weighted by molar-refractivity contribution is 0.172. The van der Waals surface area contributed by atoms with E-state index >= 15 is 0 Å². The van der Waals surface area contributed by atoms with Crippen LogP contribution >= 0.6 is 0 Å². The van der Waals surface area contributed by atoms with Crippen molar-refractivity contribution in [3.63, 3.8) is 0 Å². The maximum atomic E-state index is 12.5. The molecule has 0 unspecified atom stereocenters. The van der Waals surface area contributed by atoms with Gasteiger partial charge in [-0.2, -0.15) is 9.40 Å². The van der Waals surface area contributed by atoms with Gasteiger partial charge in [-0.15, -0.1) is 0 Å². The van der Waals surface area contributed by atoms with Crippen LogP contribution in [0.4, 0.5) is 4.79 Å². The van der Waals surface area contributed by atoms with Crippen molar-refractivity contribution in [3.8, 4) is 0 Å². The SMILES string of the molecule is O=C(NCCCn1cccn1)N1CCN(S(=O)(=O)c2cccnc2)CC1. The van der Waals surface area contributed by atoms with Crippen LogP contribution in [0.25, 0.3) is 0 Å². The number of hydrogen-bond donors (Lipinski definition) is 1. The molecule has 3 heterocycles. The number of rotatable bonds is 6. The summed E-state index contributed by atoms with van der Waals surface area (Å²) in [7, 11) is -3.55. The predicted octanol–water partition coefficient (Wildman–Crippen LogP) is 0.384. The van der Waals surface area contributed by atoms with Crippen LogP contribution in [-0.2, 0) is 16.6 Å². The van der Waals surface area contributed by atoms with Crippen molar-refractivity contribution in [3.05, 3.63) is 43.0 Å². The minimum Gasteiger partial charge on any atom is -0.338 e. The number of carbonyl (C=O) groups excluding carboxylic acids is 1. The Balaban J connectivity index is 1.43. The summed E-state index contributed by atoms with van der Waals surface area (Å²) in [5.74, 6) is 0. The fourth-order valence-electron chi connectivity index (χ4n) is 2.76. The van der Waals surface area contributed by atoms with E-state index in [1.165, 1.54) is 22.8 Å². The second-order valence-electron chi connectivity index (χ2n) is 5.93. The second kappa shape index (κ2) is 8.28. The van der Waals surface area contributed by atoms with Crippen LogP contribution in [0.1, 0.15) is 6.42 Å². The number of hydrogen-bond acceptors (Lipinski definition) is 5. The first kappa shape index (κ1) is 18.3. The molecule has 1 N–H and O–H groups in total. The van der Waals surface area contributed by atoms with Gasteiger partial charge in [0.1, 0.15) is 4.90 Å². The van der Waals surface area contributed by atoms with Gasteiger partial charge in [0, 0.05) is 64.1 Å². The van der Waals surface area contributed by atoms with Crippen molar-refractivity contribution in [2.75, 3.05) is 32.7 Å². The number of nitrogens with one attached hydrogen (secondary N) is 1. The van der Waals surface area contributed by atoms with Gasteiger partial charge in [0.25, 0.3) is 0 Å². The zero-order chi connectivity index (χ0) is 18.4. The number of sulfonamides is 1. The van der Waals surface area contributed by atoms with Crippen molar-refractivity contribution in [2.45, 2.75) is 17.9 Å². The molecule has 0 bridgehead atoms. The van der Waals surface area contributed by atoms with E-state index in [2.05, 4.69) is 15.4 Å². The van der Waals surface area contributed by atoms with Crippen molar-refractivity contribution < 1.29 is 13.2 Å². The van der Waals surface area contributed by atoms with Crippen molar-refractivity contribution in [2.24, 2.45) is 0 Å². The molecule has 1 fully saturated rings. The maximum Gasteiger partial charge on any atom is 0.317 e. The number of piperazine rings is 1. The highest BCUT2D eigenvalue weighted by atomic mass is 32.2. The standard InChI is InChI=1S/C16H22N6O3S/c23-16(18-6-2-8-21-9-3-7-19-21)20-10-12-22(13-11-20)26(24,25)15-4-1-5-17-14-15/h1,3-5,7,9,14H,2,6,8,10-13H2,(H,18,23). The van der Waals surface area contributed by atoms with Crippen LogP contribution < -0.4 is 5.32 Å². The Labute approximate surface area is 152 Å².